The molecule has 5 aliphatic rings. The Labute approximate surface area is 184 Å². The minimum Gasteiger partial charge on any atom is -0.376 e. The standard InChI is InChI=1S/C22H32N4O4S/c1-2-31(29,30)25-7-5-24(6-8-25)19-3-4-21(26(27)28)20(14-19)23-22-17-10-15-9-16(12-17)13-18(22)11-15/h3-4,14-18,22-23H,2,5-13H2,1H3. The summed E-state index contributed by atoms with van der Waals surface area (Å²) in [6.45, 7) is 3.75. The van der Waals surface area contributed by atoms with Gasteiger partial charge in [0.25, 0.3) is 5.69 Å². The van der Waals surface area contributed by atoms with E-state index in [1.165, 1.54) is 32.1 Å². The molecule has 1 N–H and O–H groups in total. The van der Waals surface area contributed by atoms with Gasteiger partial charge in [-0.1, -0.05) is 0 Å². The van der Waals surface area contributed by atoms with Crippen molar-refractivity contribution >= 4 is 27.1 Å². The lowest BCUT2D eigenvalue weighted by molar-refractivity contribution is -0.384. The van der Waals surface area contributed by atoms with Crippen molar-refractivity contribution in [3.05, 3.63) is 28.3 Å². The average Bonchev–Trinajstić information content (AvgIpc) is 2.75. The van der Waals surface area contributed by atoms with Crippen molar-refractivity contribution in [3.63, 3.8) is 0 Å². The number of hydrogen-bond acceptors (Lipinski definition) is 6. The first-order chi connectivity index (χ1) is 14.8. The monoisotopic (exact) mass is 448 g/mol. The van der Waals surface area contributed by atoms with Crippen LogP contribution in [0.1, 0.15) is 39.0 Å². The zero-order valence-corrected chi connectivity index (χ0v) is 18.9. The van der Waals surface area contributed by atoms with E-state index in [2.05, 4.69) is 10.2 Å². The van der Waals surface area contributed by atoms with Crippen LogP contribution >= 0.6 is 0 Å². The lowest BCUT2D eigenvalue weighted by Crippen LogP contribution is -2.51. The molecule has 170 valence electrons. The van der Waals surface area contributed by atoms with Crippen LogP contribution in [0.15, 0.2) is 18.2 Å². The van der Waals surface area contributed by atoms with Gasteiger partial charge in [-0.25, -0.2) is 8.42 Å². The fourth-order valence-electron chi connectivity index (χ4n) is 6.74. The van der Waals surface area contributed by atoms with Crippen molar-refractivity contribution in [1.29, 1.82) is 0 Å². The molecular formula is C22H32N4O4S. The highest BCUT2D eigenvalue weighted by atomic mass is 32.2. The number of benzene rings is 1. The minimum absolute atomic E-state index is 0.115. The molecule has 31 heavy (non-hydrogen) atoms. The number of nitrogens with zero attached hydrogens (tertiary/aromatic N) is 3. The number of anilines is 2. The molecule has 4 bridgehead atoms. The Balaban J connectivity index is 1.35. The van der Waals surface area contributed by atoms with E-state index in [0.29, 0.717) is 49.7 Å². The van der Waals surface area contributed by atoms with Gasteiger partial charge in [0.15, 0.2) is 0 Å². The summed E-state index contributed by atoms with van der Waals surface area (Å²) in [7, 11) is -3.18. The fourth-order valence-corrected chi connectivity index (χ4v) is 7.83. The maximum Gasteiger partial charge on any atom is 0.292 e. The van der Waals surface area contributed by atoms with Crippen LogP contribution in [0.4, 0.5) is 17.1 Å². The van der Waals surface area contributed by atoms with E-state index in [9.17, 15) is 18.5 Å². The van der Waals surface area contributed by atoms with E-state index >= 15 is 0 Å². The average molecular weight is 449 g/mol. The van der Waals surface area contributed by atoms with Gasteiger partial charge in [-0.15, -0.1) is 0 Å². The Morgan fingerprint density at radius 3 is 2.19 bits per heavy atom. The lowest BCUT2D eigenvalue weighted by Gasteiger charge is -2.54. The molecule has 1 aromatic carbocycles. The molecule has 0 atom stereocenters. The van der Waals surface area contributed by atoms with E-state index in [1.807, 2.05) is 6.07 Å². The quantitative estimate of drug-likeness (QED) is 0.530. The summed E-state index contributed by atoms with van der Waals surface area (Å²) in [5.41, 5.74) is 1.67. The van der Waals surface area contributed by atoms with Crippen LogP contribution in [0.5, 0.6) is 0 Å². The second-order valence-electron chi connectivity index (χ2n) is 9.85. The normalized spacial score (nSPS) is 32.9. The molecule has 0 unspecified atom stereocenters. The van der Waals surface area contributed by atoms with Gasteiger partial charge in [0.2, 0.25) is 10.0 Å². The van der Waals surface area contributed by atoms with Crippen LogP contribution in [0.25, 0.3) is 0 Å². The predicted molar refractivity (Wildman–Crippen MR) is 121 cm³/mol. The highest BCUT2D eigenvalue weighted by Crippen LogP contribution is 2.54. The summed E-state index contributed by atoms with van der Waals surface area (Å²) in [5.74, 6) is 3.09. The van der Waals surface area contributed by atoms with E-state index in [-0.39, 0.29) is 16.4 Å². The van der Waals surface area contributed by atoms with Gasteiger partial charge in [-0.2, -0.15) is 4.31 Å². The van der Waals surface area contributed by atoms with Crippen LogP contribution in [-0.2, 0) is 10.0 Å². The van der Waals surface area contributed by atoms with Gasteiger partial charge in [-0.3, -0.25) is 10.1 Å². The Morgan fingerprint density at radius 1 is 1.03 bits per heavy atom. The number of hydrogen-bond donors (Lipinski definition) is 1. The van der Waals surface area contributed by atoms with Gasteiger partial charge in [0, 0.05) is 44.0 Å². The Morgan fingerprint density at radius 2 is 1.65 bits per heavy atom. The molecule has 8 nitrogen and oxygen atoms in total. The summed E-state index contributed by atoms with van der Waals surface area (Å²) < 4.78 is 25.8. The van der Waals surface area contributed by atoms with Crippen molar-refractivity contribution in [2.45, 2.75) is 45.1 Å². The summed E-state index contributed by atoms with van der Waals surface area (Å²) in [5, 5.41) is 15.3. The number of sulfonamides is 1. The Bertz CT molecular complexity index is 930. The molecule has 6 rings (SSSR count). The molecule has 4 aliphatic carbocycles. The molecule has 1 heterocycles. The largest absolute Gasteiger partial charge is 0.376 e. The number of piperazine rings is 1. The third-order valence-electron chi connectivity index (χ3n) is 8.09. The molecule has 1 aliphatic heterocycles. The molecule has 0 aromatic heterocycles. The van der Waals surface area contributed by atoms with Gasteiger partial charge in [-0.05, 0) is 74.8 Å². The lowest BCUT2D eigenvalue weighted by atomic mass is 9.54. The smallest absolute Gasteiger partial charge is 0.292 e. The summed E-state index contributed by atoms with van der Waals surface area (Å²) in [4.78, 5) is 13.6. The van der Waals surface area contributed by atoms with E-state index in [0.717, 1.165) is 17.5 Å². The first-order valence-electron chi connectivity index (χ1n) is 11.6. The Hall–Kier alpha value is -1.87. The molecule has 0 spiro atoms. The second kappa shape index (κ2) is 7.92. The molecule has 4 saturated carbocycles. The van der Waals surface area contributed by atoms with Gasteiger partial charge in [0.05, 0.1) is 10.7 Å². The van der Waals surface area contributed by atoms with Crippen molar-refractivity contribution in [2.24, 2.45) is 23.7 Å². The van der Waals surface area contributed by atoms with E-state index in [4.69, 9.17) is 0 Å². The molecule has 1 aromatic rings. The molecule has 5 fully saturated rings. The molecule has 1 saturated heterocycles. The van der Waals surface area contributed by atoms with Crippen molar-refractivity contribution < 1.29 is 13.3 Å². The fraction of sp³-hybridized carbons (Fsp3) is 0.727. The second-order valence-corrected chi connectivity index (χ2v) is 12.1. The number of nitro benzene ring substituents is 1. The van der Waals surface area contributed by atoms with E-state index < -0.39 is 10.0 Å². The van der Waals surface area contributed by atoms with Crippen LogP contribution in [-0.4, -0.2) is 55.6 Å². The maximum atomic E-state index is 12.1. The summed E-state index contributed by atoms with van der Waals surface area (Å²) >= 11 is 0. The molecule has 9 heteroatoms. The van der Waals surface area contributed by atoms with Crippen molar-refractivity contribution in [1.82, 2.24) is 4.31 Å². The van der Waals surface area contributed by atoms with Gasteiger partial charge >= 0.3 is 0 Å². The highest BCUT2D eigenvalue weighted by Gasteiger charge is 2.48. The third-order valence-corrected chi connectivity index (χ3v) is 9.97. The summed E-state index contributed by atoms with van der Waals surface area (Å²) in [6, 6.07) is 5.63. The van der Waals surface area contributed by atoms with E-state index in [1.54, 1.807) is 23.4 Å². The van der Waals surface area contributed by atoms with Crippen LogP contribution in [0.3, 0.4) is 0 Å². The van der Waals surface area contributed by atoms with Crippen molar-refractivity contribution in [3.8, 4) is 0 Å². The molecular weight excluding hydrogens is 416 g/mol. The van der Waals surface area contributed by atoms with Gasteiger partial charge < -0.3 is 10.2 Å². The number of nitro groups is 1. The molecule has 0 radical (unpaired) electrons. The third kappa shape index (κ3) is 3.91. The van der Waals surface area contributed by atoms with Gasteiger partial charge in [0.1, 0.15) is 5.69 Å². The number of nitrogens with one attached hydrogen (secondary N) is 1. The minimum atomic E-state index is -3.18. The first kappa shape index (κ1) is 21.0. The van der Waals surface area contributed by atoms with Crippen LogP contribution in [0, 0.1) is 33.8 Å². The zero-order chi connectivity index (χ0) is 21.8. The van der Waals surface area contributed by atoms with Crippen LogP contribution < -0.4 is 10.2 Å². The summed E-state index contributed by atoms with van der Waals surface area (Å²) in [6.07, 6.45) is 6.41. The SMILES string of the molecule is CCS(=O)(=O)N1CCN(c2ccc([N+](=O)[O-])c(NC3C4CC5CC(C4)CC3C5)c2)CC1. The first-order valence-corrected chi connectivity index (χ1v) is 13.2. The van der Waals surface area contributed by atoms with Crippen molar-refractivity contribution in [2.75, 3.05) is 42.1 Å². The highest BCUT2D eigenvalue weighted by molar-refractivity contribution is 7.89. The predicted octanol–water partition coefficient (Wildman–Crippen LogP) is 3.30. The number of rotatable bonds is 6. The zero-order valence-electron chi connectivity index (χ0n) is 18.1. The maximum absolute atomic E-state index is 12.1. The molecule has 0 amide bonds. The Kier molecular flexibility index (Phi) is 5.37. The van der Waals surface area contributed by atoms with Crippen LogP contribution in [0.2, 0.25) is 0 Å². The topological polar surface area (TPSA) is 95.8 Å².